The third-order valence-electron chi connectivity index (χ3n) is 4.88. The quantitative estimate of drug-likeness (QED) is 0.806. The second kappa shape index (κ2) is 7.67. The fourth-order valence-electron chi connectivity index (χ4n) is 3.57. The van der Waals surface area contributed by atoms with Crippen LogP contribution in [0.5, 0.6) is 0 Å². The maximum absolute atomic E-state index is 12.7. The summed E-state index contributed by atoms with van der Waals surface area (Å²) in [6.07, 6.45) is 1.22. The van der Waals surface area contributed by atoms with Gasteiger partial charge < -0.3 is 15.0 Å². The number of rotatable bonds is 3. The Balaban J connectivity index is 1.44. The molecule has 2 heterocycles. The Kier molecular flexibility index (Phi) is 5.09. The van der Waals surface area contributed by atoms with Gasteiger partial charge in [-0.15, -0.1) is 11.8 Å². The number of benzene rings is 2. The smallest absolute Gasteiger partial charge is 0.338 e. The highest BCUT2D eigenvalue weighted by Crippen LogP contribution is 2.33. The summed E-state index contributed by atoms with van der Waals surface area (Å²) in [6, 6.07) is 12.8. The zero-order chi connectivity index (χ0) is 19.7. The Morgan fingerprint density at radius 2 is 2.07 bits per heavy atom. The number of amides is 2. The minimum absolute atomic E-state index is 0.0309. The van der Waals surface area contributed by atoms with Gasteiger partial charge in [-0.1, -0.05) is 18.2 Å². The SMILES string of the molecule is C[C@H]1Cc2ccccc2N1C(=O)COC(=O)c1ccc2c(c1)NC(=O)CCS2. The van der Waals surface area contributed by atoms with Gasteiger partial charge in [0.2, 0.25) is 5.91 Å². The zero-order valence-corrected chi connectivity index (χ0v) is 16.3. The van der Waals surface area contributed by atoms with Crippen LogP contribution in [-0.4, -0.2) is 36.2 Å². The lowest BCUT2D eigenvalue weighted by Crippen LogP contribution is -2.38. The van der Waals surface area contributed by atoms with Crippen LogP contribution in [0, 0.1) is 0 Å². The van der Waals surface area contributed by atoms with Crippen molar-refractivity contribution < 1.29 is 19.1 Å². The number of ether oxygens (including phenoxy) is 1. The number of anilines is 2. The van der Waals surface area contributed by atoms with Gasteiger partial charge in [0.15, 0.2) is 6.61 Å². The first kappa shape index (κ1) is 18.6. The Morgan fingerprint density at radius 1 is 1.25 bits per heavy atom. The third kappa shape index (κ3) is 3.62. The van der Waals surface area contributed by atoms with Gasteiger partial charge in [0.25, 0.3) is 5.91 Å². The number of para-hydroxylation sites is 1. The number of carbonyl (C=O) groups is 3. The monoisotopic (exact) mass is 396 g/mol. The molecule has 0 saturated heterocycles. The summed E-state index contributed by atoms with van der Waals surface area (Å²) >= 11 is 1.57. The van der Waals surface area contributed by atoms with Gasteiger partial charge in [-0.25, -0.2) is 4.79 Å². The molecule has 2 aliphatic heterocycles. The average molecular weight is 396 g/mol. The van der Waals surface area contributed by atoms with Crippen LogP contribution >= 0.6 is 11.8 Å². The van der Waals surface area contributed by atoms with E-state index in [1.54, 1.807) is 34.9 Å². The molecule has 28 heavy (non-hydrogen) atoms. The summed E-state index contributed by atoms with van der Waals surface area (Å²) in [5, 5.41) is 2.80. The van der Waals surface area contributed by atoms with Gasteiger partial charge in [0.1, 0.15) is 0 Å². The molecule has 4 rings (SSSR count). The van der Waals surface area contributed by atoms with Crippen molar-refractivity contribution in [2.75, 3.05) is 22.6 Å². The Labute approximate surface area is 167 Å². The largest absolute Gasteiger partial charge is 0.452 e. The highest BCUT2D eigenvalue weighted by atomic mass is 32.2. The van der Waals surface area contributed by atoms with Crippen LogP contribution in [0.4, 0.5) is 11.4 Å². The van der Waals surface area contributed by atoms with E-state index in [1.165, 1.54) is 0 Å². The highest BCUT2D eigenvalue weighted by molar-refractivity contribution is 7.99. The molecule has 0 spiro atoms. The number of hydrogen-bond donors (Lipinski definition) is 1. The lowest BCUT2D eigenvalue weighted by atomic mass is 10.1. The zero-order valence-electron chi connectivity index (χ0n) is 15.4. The second-order valence-corrected chi connectivity index (χ2v) is 8.02. The van der Waals surface area contributed by atoms with Crippen LogP contribution in [0.2, 0.25) is 0 Å². The number of nitrogens with zero attached hydrogens (tertiary/aromatic N) is 1. The number of hydrogen-bond acceptors (Lipinski definition) is 5. The van der Waals surface area contributed by atoms with E-state index in [-0.39, 0.29) is 24.5 Å². The molecule has 2 aliphatic rings. The van der Waals surface area contributed by atoms with Crippen molar-refractivity contribution in [3.05, 3.63) is 53.6 Å². The van der Waals surface area contributed by atoms with Crippen molar-refractivity contribution >= 4 is 40.9 Å². The van der Waals surface area contributed by atoms with E-state index < -0.39 is 5.97 Å². The van der Waals surface area contributed by atoms with Crippen molar-refractivity contribution in [1.29, 1.82) is 0 Å². The highest BCUT2D eigenvalue weighted by Gasteiger charge is 2.31. The lowest BCUT2D eigenvalue weighted by Gasteiger charge is -2.22. The predicted octanol–water partition coefficient (Wildman–Crippen LogP) is 3.26. The molecule has 1 N–H and O–H groups in total. The van der Waals surface area contributed by atoms with Crippen molar-refractivity contribution in [3.63, 3.8) is 0 Å². The molecule has 2 aromatic carbocycles. The van der Waals surface area contributed by atoms with Crippen LogP contribution in [0.3, 0.4) is 0 Å². The molecule has 6 nitrogen and oxygen atoms in total. The van der Waals surface area contributed by atoms with Crippen molar-refractivity contribution in [2.24, 2.45) is 0 Å². The molecule has 7 heteroatoms. The molecular formula is C21H20N2O4S. The van der Waals surface area contributed by atoms with Crippen LogP contribution in [0.1, 0.15) is 29.3 Å². The Hall–Kier alpha value is -2.80. The third-order valence-corrected chi connectivity index (χ3v) is 5.95. The lowest BCUT2D eigenvalue weighted by molar-refractivity contribution is -0.122. The van der Waals surface area contributed by atoms with Gasteiger partial charge in [0.05, 0.1) is 11.3 Å². The fraction of sp³-hybridized carbons (Fsp3) is 0.286. The Morgan fingerprint density at radius 3 is 2.93 bits per heavy atom. The minimum Gasteiger partial charge on any atom is -0.452 e. The van der Waals surface area contributed by atoms with Crippen molar-refractivity contribution in [3.8, 4) is 0 Å². The van der Waals surface area contributed by atoms with Crippen molar-refractivity contribution in [1.82, 2.24) is 0 Å². The normalized spacial score (nSPS) is 18.0. The molecule has 0 bridgehead atoms. The van der Waals surface area contributed by atoms with E-state index in [4.69, 9.17) is 4.74 Å². The average Bonchev–Trinajstić information content (AvgIpc) is 2.90. The number of thioether (sulfide) groups is 1. The predicted molar refractivity (Wildman–Crippen MR) is 108 cm³/mol. The Bertz CT molecular complexity index is 959. The molecule has 1 atom stereocenters. The van der Waals surface area contributed by atoms with Crippen LogP contribution in [-0.2, 0) is 20.7 Å². The maximum Gasteiger partial charge on any atom is 0.338 e. The first-order valence-corrected chi connectivity index (χ1v) is 10.2. The summed E-state index contributed by atoms with van der Waals surface area (Å²) in [5.41, 5.74) is 2.91. The molecule has 0 saturated carbocycles. The molecule has 0 fully saturated rings. The van der Waals surface area contributed by atoms with Gasteiger partial charge in [-0.05, 0) is 43.2 Å². The van der Waals surface area contributed by atoms with Gasteiger partial charge >= 0.3 is 5.97 Å². The van der Waals surface area contributed by atoms with Crippen LogP contribution < -0.4 is 10.2 Å². The molecular weight excluding hydrogens is 376 g/mol. The number of fused-ring (bicyclic) bond motifs is 2. The molecule has 0 unspecified atom stereocenters. The molecule has 0 radical (unpaired) electrons. The summed E-state index contributed by atoms with van der Waals surface area (Å²) in [5.74, 6) is -0.204. The van der Waals surface area contributed by atoms with Gasteiger partial charge in [-0.2, -0.15) is 0 Å². The van der Waals surface area contributed by atoms with Gasteiger partial charge in [-0.3, -0.25) is 9.59 Å². The van der Waals surface area contributed by atoms with Crippen LogP contribution in [0.25, 0.3) is 0 Å². The van der Waals surface area contributed by atoms with E-state index in [0.717, 1.165) is 22.6 Å². The minimum atomic E-state index is -0.584. The topological polar surface area (TPSA) is 75.7 Å². The number of nitrogens with one attached hydrogen (secondary N) is 1. The first-order chi connectivity index (χ1) is 13.5. The van der Waals surface area contributed by atoms with Crippen LogP contribution in [0.15, 0.2) is 47.4 Å². The van der Waals surface area contributed by atoms with E-state index >= 15 is 0 Å². The molecule has 0 aliphatic carbocycles. The summed E-state index contributed by atoms with van der Waals surface area (Å²) in [7, 11) is 0. The molecule has 0 aromatic heterocycles. The summed E-state index contributed by atoms with van der Waals surface area (Å²) in [6.45, 7) is 1.65. The molecule has 2 aromatic rings. The van der Waals surface area contributed by atoms with E-state index in [1.807, 2.05) is 31.2 Å². The standard InChI is InChI=1S/C21H20N2O4S/c1-13-10-14-4-2-3-5-17(14)23(13)20(25)12-27-21(26)15-6-7-18-16(11-15)22-19(24)8-9-28-18/h2-7,11,13H,8-10,12H2,1H3,(H,22,24)/t13-/m0/s1. The number of esters is 1. The summed E-state index contributed by atoms with van der Waals surface area (Å²) in [4.78, 5) is 39.4. The molecule has 144 valence electrons. The van der Waals surface area contributed by atoms with E-state index in [2.05, 4.69) is 5.32 Å². The second-order valence-electron chi connectivity index (χ2n) is 6.88. The first-order valence-electron chi connectivity index (χ1n) is 9.17. The van der Waals surface area contributed by atoms with Gasteiger partial charge in [0, 0.05) is 28.8 Å². The molecule has 2 amide bonds. The summed E-state index contributed by atoms with van der Waals surface area (Å²) < 4.78 is 5.27. The number of carbonyl (C=O) groups excluding carboxylic acids is 3. The fourth-order valence-corrected chi connectivity index (χ4v) is 4.51. The van der Waals surface area contributed by atoms with Crippen molar-refractivity contribution in [2.45, 2.75) is 30.7 Å². The van der Waals surface area contributed by atoms with E-state index in [0.29, 0.717) is 23.4 Å². The maximum atomic E-state index is 12.7. The van der Waals surface area contributed by atoms with E-state index in [9.17, 15) is 14.4 Å².